The van der Waals surface area contributed by atoms with Gasteiger partial charge in [0.1, 0.15) is 5.76 Å². The molecule has 3 aromatic rings. The highest BCUT2D eigenvalue weighted by Gasteiger charge is 2.17. The second kappa shape index (κ2) is 8.44. The van der Waals surface area contributed by atoms with Crippen LogP contribution in [0.25, 0.3) is 0 Å². The molecule has 0 aliphatic rings. The zero-order valence-corrected chi connectivity index (χ0v) is 18.0. The van der Waals surface area contributed by atoms with E-state index in [-0.39, 0.29) is 11.6 Å². The predicted molar refractivity (Wildman–Crippen MR) is 113 cm³/mol. The number of furan rings is 1. The number of anilines is 1. The topological polar surface area (TPSA) is 102 Å². The molecular weight excluding hydrogens is 438 g/mol. The van der Waals surface area contributed by atoms with Crippen molar-refractivity contribution in [2.24, 2.45) is 12.1 Å². The summed E-state index contributed by atoms with van der Waals surface area (Å²) in [5, 5.41) is 11.1. The van der Waals surface area contributed by atoms with Crippen molar-refractivity contribution >= 4 is 39.1 Å². The number of carbonyl (C=O) groups excluding carboxylic acids is 2. The first-order valence-corrected chi connectivity index (χ1v) is 9.57. The van der Waals surface area contributed by atoms with Crippen LogP contribution in [0.15, 0.2) is 50.6 Å². The van der Waals surface area contributed by atoms with E-state index in [9.17, 15) is 9.59 Å². The number of benzene rings is 1. The average molecular weight is 458 g/mol. The summed E-state index contributed by atoms with van der Waals surface area (Å²) in [7, 11) is 1.76. The number of nitrogens with one attached hydrogen (secondary N) is 2. The molecule has 2 N–H and O–H groups in total. The van der Waals surface area contributed by atoms with Crippen molar-refractivity contribution < 1.29 is 14.0 Å². The first-order valence-electron chi connectivity index (χ1n) is 8.77. The van der Waals surface area contributed by atoms with Crippen molar-refractivity contribution in [3.8, 4) is 0 Å². The molecule has 0 atom stereocenters. The molecule has 0 bridgehead atoms. The third kappa shape index (κ3) is 4.45. The number of amides is 2. The maximum Gasteiger partial charge on any atom is 0.293 e. The van der Waals surface area contributed by atoms with Crippen LogP contribution in [0.3, 0.4) is 0 Å². The minimum Gasteiger partial charge on any atom is -0.469 e. The molecule has 0 saturated carbocycles. The van der Waals surface area contributed by atoms with Gasteiger partial charge < -0.3 is 9.73 Å². The lowest BCUT2D eigenvalue weighted by atomic mass is 10.1. The molecule has 150 valence electrons. The van der Waals surface area contributed by atoms with E-state index in [1.165, 1.54) is 6.26 Å². The SMILES string of the molecule is C/C(=N/NC(=O)c1nn(C)c(C)c1Br)c1ccc(NC(=O)c2ccoc2C)cc1. The van der Waals surface area contributed by atoms with Crippen LogP contribution in [0.4, 0.5) is 5.69 Å². The predicted octanol–water partition coefficient (Wildman–Crippen LogP) is 3.80. The number of hydrogen-bond donors (Lipinski definition) is 2. The van der Waals surface area contributed by atoms with Crippen LogP contribution in [-0.2, 0) is 7.05 Å². The van der Waals surface area contributed by atoms with Crippen molar-refractivity contribution in [3.05, 3.63) is 69.3 Å². The Morgan fingerprint density at radius 3 is 2.38 bits per heavy atom. The van der Waals surface area contributed by atoms with E-state index in [1.54, 1.807) is 43.8 Å². The number of halogens is 1. The summed E-state index contributed by atoms with van der Waals surface area (Å²) in [6, 6.07) is 8.78. The summed E-state index contributed by atoms with van der Waals surface area (Å²) < 4.78 is 7.40. The minimum absolute atomic E-state index is 0.238. The van der Waals surface area contributed by atoms with Gasteiger partial charge in [0, 0.05) is 12.7 Å². The van der Waals surface area contributed by atoms with Gasteiger partial charge in [-0.05, 0) is 60.5 Å². The molecule has 0 unspecified atom stereocenters. The van der Waals surface area contributed by atoms with Gasteiger partial charge in [0.15, 0.2) is 5.69 Å². The molecule has 2 heterocycles. The fourth-order valence-electron chi connectivity index (χ4n) is 2.59. The lowest BCUT2D eigenvalue weighted by Crippen LogP contribution is -2.20. The summed E-state index contributed by atoms with van der Waals surface area (Å²) in [5.74, 6) is -0.0789. The number of hydrogen-bond acceptors (Lipinski definition) is 5. The van der Waals surface area contributed by atoms with E-state index in [2.05, 4.69) is 36.9 Å². The molecule has 2 amide bonds. The molecular formula is C20H20BrN5O3. The highest BCUT2D eigenvalue weighted by molar-refractivity contribution is 9.10. The number of rotatable bonds is 5. The van der Waals surface area contributed by atoms with Crippen LogP contribution in [0.2, 0.25) is 0 Å². The van der Waals surface area contributed by atoms with Crippen molar-refractivity contribution in [2.75, 3.05) is 5.32 Å². The highest BCUT2D eigenvalue weighted by Crippen LogP contribution is 2.20. The number of nitrogens with zero attached hydrogens (tertiary/aromatic N) is 3. The molecule has 1 aromatic carbocycles. The smallest absolute Gasteiger partial charge is 0.293 e. The Kier molecular flexibility index (Phi) is 5.97. The van der Waals surface area contributed by atoms with Gasteiger partial charge in [0.05, 0.1) is 27.7 Å². The second-order valence-corrected chi connectivity index (χ2v) is 7.22. The normalized spacial score (nSPS) is 11.4. The Morgan fingerprint density at radius 1 is 1.14 bits per heavy atom. The number of aromatic nitrogens is 2. The van der Waals surface area contributed by atoms with E-state index in [4.69, 9.17) is 4.42 Å². The fourth-order valence-corrected chi connectivity index (χ4v) is 3.11. The highest BCUT2D eigenvalue weighted by atomic mass is 79.9. The second-order valence-electron chi connectivity index (χ2n) is 6.43. The van der Waals surface area contributed by atoms with Crippen molar-refractivity contribution in [1.82, 2.24) is 15.2 Å². The zero-order valence-electron chi connectivity index (χ0n) is 16.4. The van der Waals surface area contributed by atoms with Crippen LogP contribution in [0.5, 0.6) is 0 Å². The molecule has 0 spiro atoms. The molecule has 0 radical (unpaired) electrons. The summed E-state index contributed by atoms with van der Waals surface area (Å²) in [6.07, 6.45) is 1.48. The monoisotopic (exact) mass is 457 g/mol. The van der Waals surface area contributed by atoms with Gasteiger partial charge in [-0.25, -0.2) is 5.43 Å². The molecule has 0 fully saturated rings. The van der Waals surface area contributed by atoms with E-state index >= 15 is 0 Å². The van der Waals surface area contributed by atoms with E-state index in [1.807, 2.05) is 19.1 Å². The first kappa shape index (κ1) is 20.5. The Labute approximate surface area is 176 Å². The molecule has 3 rings (SSSR count). The van der Waals surface area contributed by atoms with Crippen molar-refractivity contribution in [2.45, 2.75) is 20.8 Å². The third-order valence-corrected chi connectivity index (χ3v) is 5.41. The number of carbonyl (C=O) groups is 2. The third-order valence-electron chi connectivity index (χ3n) is 4.47. The van der Waals surface area contributed by atoms with Gasteiger partial charge in [-0.1, -0.05) is 12.1 Å². The average Bonchev–Trinajstić information content (AvgIpc) is 3.25. The molecule has 8 nitrogen and oxygen atoms in total. The van der Waals surface area contributed by atoms with Crippen LogP contribution in [0.1, 0.15) is 44.8 Å². The van der Waals surface area contributed by atoms with E-state index in [0.717, 1.165) is 11.3 Å². The molecule has 29 heavy (non-hydrogen) atoms. The Balaban J connectivity index is 1.66. The quantitative estimate of drug-likeness (QED) is 0.449. The maximum absolute atomic E-state index is 12.3. The standard InChI is InChI=1S/C20H20BrN5O3/c1-11(23-24-20(28)18-17(21)12(2)26(4)25-18)14-5-7-15(8-6-14)22-19(27)16-9-10-29-13(16)3/h5-10H,1-4H3,(H,22,27)(H,24,28)/b23-11-. The fraction of sp³-hybridized carbons (Fsp3) is 0.200. The molecule has 9 heteroatoms. The van der Waals surface area contributed by atoms with Crippen molar-refractivity contribution in [3.63, 3.8) is 0 Å². The minimum atomic E-state index is -0.403. The lowest BCUT2D eigenvalue weighted by molar-refractivity contribution is 0.0947. The first-order chi connectivity index (χ1) is 13.8. The Morgan fingerprint density at radius 2 is 1.83 bits per heavy atom. The van der Waals surface area contributed by atoms with Crippen LogP contribution in [-0.4, -0.2) is 27.3 Å². The Bertz CT molecular complexity index is 1100. The van der Waals surface area contributed by atoms with Gasteiger partial charge in [0.25, 0.3) is 11.8 Å². The summed E-state index contributed by atoms with van der Waals surface area (Å²) in [6.45, 7) is 5.37. The largest absolute Gasteiger partial charge is 0.469 e. The van der Waals surface area contributed by atoms with Gasteiger partial charge in [-0.15, -0.1) is 0 Å². The molecule has 0 aliphatic carbocycles. The van der Waals surface area contributed by atoms with E-state index < -0.39 is 5.91 Å². The zero-order chi connectivity index (χ0) is 21.1. The summed E-state index contributed by atoms with van der Waals surface area (Å²) in [5.41, 5.74) is 6.19. The van der Waals surface area contributed by atoms with E-state index in [0.29, 0.717) is 27.2 Å². The van der Waals surface area contributed by atoms with Gasteiger partial charge in [0.2, 0.25) is 0 Å². The maximum atomic E-state index is 12.3. The number of aryl methyl sites for hydroxylation is 2. The molecule has 0 saturated heterocycles. The Hall–Kier alpha value is -3.20. The van der Waals surface area contributed by atoms with Crippen molar-refractivity contribution in [1.29, 1.82) is 0 Å². The molecule has 0 aliphatic heterocycles. The summed E-state index contributed by atoms with van der Waals surface area (Å²) in [4.78, 5) is 24.5. The van der Waals surface area contributed by atoms with Crippen LogP contribution >= 0.6 is 15.9 Å². The summed E-state index contributed by atoms with van der Waals surface area (Å²) >= 11 is 3.37. The van der Waals surface area contributed by atoms with Gasteiger partial charge in [-0.2, -0.15) is 10.2 Å². The van der Waals surface area contributed by atoms with Gasteiger partial charge in [-0.3, -0.25) is 14.3 Å². The van der Waals surface area contributed by atoms with Gasteiger partial charge >= 0.3 is 0 Å². The van der Waals surface area contributed by atoms with Crippen LogP contribution in [0, 0.1) is 13.8 Å². The molecule has 2 aromatic heterocycles. The van der Waals surface area contributed by atoms with Crippen LogP contribution < -0.4 is 10.7 Å². The number of hydrazone groups is 1. The lowest BCUT2D eigenvalue weighted by Gasteiger charge is -2.06.